The van der Waals surface area contributed by atoms with Gasteiger partial charge >= 0.3 is 5.97 Å². The molecule has 0 fully saturated rings. The number of aryl methyl sites for hydroxylation is 2. The minimum absolute atomic E-state index is 0.0278. The summed E-state index contributed by atoms with van der Waals surface area (Å²) < 4.78 is 17.9. The summed E-state index contributed by atoms with van der Waals surface area (Å²) in [5.41, 5.74) is 2.97. The second-order valence-corrected chi connectivity index (χ2v) is 9.01. The molecule has 0 saturated carbocycles. The Kier molecular flexibility index (Phi) is 10.1. The highest BCUT2D eigenvalue weighted by molar-refractivity contribution is 8.01. The van der Waals surface area contributed by atoms with Crippen LogP contribution >= 0.6 is 11.8 Å². The molecule has 10 heteroatoms. The van der Waals surface area contributed by atoms with Gasteiger partial charge in [0.25, 0.3) is 5.91 Å². The van der Waals surface area contributed by atoms with E-state index in [1.165, 1.54) is 36.2 Å². The maximum Gasteiger partial charge on any atom is 0.319 e. The quantitative estimate of drug-likeness (QED) is 0.497. The first kappa shape index (κ1) is 26.8. The number of carbonyl (C=O) groups excluding carboxylic acids is 4. The van der Waals surface area contributed by atoms with Crippen molar-refractivity contribution in [2.24, 2.45) is 0 Å². The minimum atomic E-state index is -0.690. The van der Waals surface area contributed by atoms with Crippen molar-refractivity contribution < 1.29 is 28.3 Å². The van der Waals surface area contributed by atoms with E-state index < -0.39 is 29.6 Å². The number of thioether (sulfide) groups is 1. The maximum atomic E-state index is 12.9. The number of amides is 3. The highest BCUT2D eigenvalue weighted by Crippen LogP contribution is 2.19. The molecule has 0 saturated heterocycles. The van der Waals surface area contributed by atoms with Gasteiger partial charge in [-0.3, -0.25) is 19.2 Å². The fraction of sp³-hybridized carbons (Fsp3) is 0.333. The summed E-state index contributed by atoms with van der Waals surface area (Å²) in [7, 11) is 1.44. The number of benzene rings is 2. The first-order chi connectivity index (χ1) is 16.1. The maximum absolute atomic E-state index is 12.9. The van der Waals surface area contributed by atoms with Gasteiger partial charge in [0.2, 0.25) is 11.8 Å². The molecule has 0 spiro atoms. The topological polar surface area (TPSA) is 105 Å². The van der Waals surface area contributed by atoms with Gasteiger partial charge in [0.1, 0.15) is 11.1 Å². The van der Waals surface area contributed by atoms with E-state index in [1.54, 1.807) is 6.92 Å². The second kappa shape index (κ2) is 12.7. The number of nitrogens with zero attached hydrogens (tertiary/aromatic N) is 1. The lowest BCUT2D eigenvalue weighted by Gasteiger charge is -2.18. The Morgan fingerprint density at radius 2 is 1.62 bits per heavy atom. The van der Waals surface area contributed by atoms with Crippen LogP contribution in [-0.4, -0.2) is 59.8 Å². The molecular formula is C24H28FN3O5S. The molecular weight excluding hydrogens is 461 g/mol. The fourth-order valence-corrected chi connectivity index (χ4v) is 3.53. The van der Waals surface area contributed by atoms with Crippen molar-refractivity contribution >= 4 is 46.8 Å². The van der Waals surface area contributed by atoms with Gasteiger partial charge in [-0.05, 0) is 56.2 Å². The fourth-order valence-electron chi connectivity index (χ4n) is 2.85. The number of ether oxygens (including phenoxy) is 1. The zero-order valence-electron chi connectivity index (χ0n) is 19.5. The molecule has 0 aliphatic rings. The Morgan fingerprint density at radius 1 is 1.00 bits per heavy atom. The number of anilines is 2. The second-order valence-electron chi connectivity index (χ2n) is 7.68. The van der Waals surface area contributed by atoms with Gasteiger partial charge in [-0.2, -0.15) is 0 Å². The van der Waals surface area contributed by atoms with Gasteiger partial charge < -0.3 is 20.3 Å². The Labute approximate surface area is 202 Å². The van der Waals surface area contributed by atoms with Gasteiger partial charge in [0.05, 0.1) is 12.3 Å². The summed E-state index contributed by atoms with van der Waals surface area (Å²) >= 11 is 1.04. The number of hydrogen-bond donors (Lipinski definition) is 2. The molecule has 1 unspecified atom stereocenters. The molecule has 0 aromatic heterocycles. The molecule has 0 radical (unpaired) electrons. The third-order valence-electron chi connectivity index (χ3n) is 4.81. The average Bonchev–Trinajstić information content (AvgIpc) is 2.79. The number of nitrogens with one attached hydrogen (secondary N) is 2. The van der Waals surface area contributed by atoms with E-state index in [0.29, 0.717) is 11.4 Å². The molecule has 0 heterocycles. The summed E-state index contributed by atoms with van der Waals surface area (Å²) in [6.07, 6.45) is 0. The number of rotatable bonds is 10. The Hall–Kier alpha value is -3.40. The van der Waals surface area contributed by atoms with Crippen molar-refractivity contribution in [3.63, 3.8) is 0 Å². The van der Waals surface area contributed by atoms with Gasteiger partial charge in [-0.25, -0.2) is 4.39 Å². The lowest BCUT2D eigenvalue weighted by atomic mass is 10.1. The average molecular weight is 490 g/mol. The van der Waals surface area contributed by atoms with Crippen molar-refractivity contribution in [2.45, 2.75) is 26.0 Å². The van der Waals surface area contributed by atoms with Crippen LogP contribution in [0.25, 0.3) is 0 Å². The Morgan fingerprint density at radius 3 is 2.24 bits per heavy atom. The zero-order chi connectivity index (χ0) is 25.3. The molecule has 8 nitrogen and oxygen atoms in total. The van der Waals surface area contributed by atoms with E-state index >= 15 is 0 Å². The normalized spacial score (nSPS) is 11.3. The first-order valence-corrected chi connectivity index (χ1v) is 11.6. The Bertz CT molecular complexity index is 1030. The smallest absolute Gasteiger partial charge is 0.319 e. The molecule has 2 aromatic carbocycles. The predicted molar refractivity (Wildman–Crippen MR) is 130 cm³/mol. The van der Waals surface area contributed by atoms with Gasteiger partial charge in [0, 0.05) is 18.4 Å². The molecule has 182 valence electrons. The van der Waals surface area contributed by atoms with Gasteiger partial charge in [0.15, 0.2) is 6.61 Å². The lowest BCUT2D eigenvalue weighted by molar-refractivity contribution is -0.151. The predicted octanol–water partition coefficient (Wildman–Crippen LogP) is 3.14. The van der Waals surface area contributed by atoms with E-state index in [0.717, 1.165) is 22.9 Å². The molecule has 34 heavy (non-hydrogen) atoms. The standard InChI is InChI=1S/C24H28FN3O5S/c1-15-6-5-7-16(2)23(15)27-20(29)12-28(4)22(31)13-33-24(32)17(3)34-14-21(30)26-19-10-8-18(25)9-11-19/h5-11,17H,12-14H2,1-4H3,(H,26,30)(H,27,29). The van der Waals surface area contributed by atoms with Crippen LogP contribution in [0.15, 0.2) is 42.5 Å². The van der Waals surface area contributed by atoms with Gasteiger partial charge in [-0.1, -0.05) is 18.2 Å². The van der Waals surface area contributed by atoms with Crippen molar-refractivity contribution in [3.8, 4) is 0 Å². The number of halogens is 1. The molecule has 2 aromatic rings. The number of para-hydroxylation sites is 1. The van der Waals surface area contributed by atoms with E-state index in [9.17, 15) is 23.6 Å². The monoisotopic (exact) mass is 489 g/mol. The van der Waals surface area contributed by atoms with Gasteiger partial charge in [-0.15, -0.1) is 11.8 Å². The summed E-state index contributed by atoms with van der Waals surface area (Å²) in [5, 5.41) is 4.70. The van der Waals surface area contributed by atoms with Crippen molar-refractivity contribution in [2.75, 3.05) is 36.6 Å². The van der Waals surface area contributed by atoms with E-state index in [-0.39, 0.29) is 24.1 Å². The van der Waals surface area contributed by atoms with Crippen LogP contribution in [0, 0.1) is 19.7 Å². The molecule has 0 aliphatic heterocycles. The minimum Gasteiger partial charge on any atom is -0.455 e. The molecule has 0 bridgehead atoms. The highest BCUT2D eigenvalue weighted by atomic mass is 32.2. The van der Waals surface area contributed by atoms with Crippen LogP contribution in [0.4, 0.5) is 15.8 Å². The van der Waals surface area contributed by atoms with E-state index in [1.807, 2.05) is 32.0 Å². The van der Waals surface area contributed by atoms with Crippen LogP contribution in [0.2, 0.25) is 0 Å². The summed E-state index contributed by atoms with van der Waals surface area (Å²) in [6, 6.07) is 11.0. The Balaban J connectivity index is 1.72. The first-order valence-electron chi connectivity index (χ1n) is 10.5. The van der Waals surface area contributed by atoms with Crippen LogP contribution in [0.5, 0.6) is 0 Å². The summed E-state index contributed by atoms with van der Waals surface area (Å²) in [5.74, 6) is -2.35. The number of esters is 1. The van der Waals surface area contributed by atoms with Crippen LogP contribution in [0.3, 0.4) is 0 Å². The van der Waals surface area contributed by atoms with Crippen LogP contribution in [0.1, 0.15) is 18.1 Å². The number of carbonyl (C=O) groups is 4. The molecule has 1 atom stereocenters. The number of hydrogen-bond acceptors (Lipinski definition) is 6. The summed E-state index contributed by atoms with van der Waals surface area (Å²) in [6.45, 7) is 4.60. The van der Waals surface area contributed by atoms with Crippen molar-refractivity contribution in [3.05, 3.63) is 59.4 Å². The van der Waals surface area contributed by atoms with E-state index in [4.69, 9.17) is 4.74 Å². The molecule has 2 N–H and O–H groups in total. The number of likely N-dealkylation sites (N-methyl/N-ethyl adjacent to an activating group) is 1. The van der Waals surface area contributed by atoms with Crippen molar-refractivity contribution in [1.82, 2.24) is 4.90 Å². The molecule has 3 amide bonds. The van der Waals surface area contributed by atoms with E-state index in [2.05, 4.69) is 10.6 Å². The van der Waals surface area contributed by atoms with Crippen LogP contribution in [-0.2, 0) is 23.9 Å². The lowest BCUT2D eigenvalue weighted by Crippen LogP contribution is -2.38. The highest BCUT2D eigenvalue weighted by Gasteiger charge is 2.20. The van der Waals surface area contributed by atoms with Crippen molar-refractivity contribution in [1.29, 1.82) is 0 Å². The SMILES string of the molecule is Cc1cccc(C)c1NC(=O)CN(C)C(=O)COC(=O)C(C)SCC(=O)Nc1ccc(F)cc1. The third kappa shape index (κ3) is 8.51. The third-order valence-corrected chi connectivity index (χ3v) is 5.94. The molecule has 0 aliphatic carbocycles. The zero-order valence-corrected chi connectivity index (χ0v) is 20.3. The van der Waals surface area contributed by atoms with Crippen LogP contribution < -0.4 is 10.6 Å². The summed E-state index contributed by atoms with van der Waals surface area (Å²) in [4.78, 5) is 49.9. The largest absolute Gasteiger partial charge is 0.455 e. The molecule has 2 rings (SSSR count).